The number of halogens is 2. The Kier molecular flexibility index (Phi) is 13.6. The number of hydrogen-bond donors (Lipinski definition) is 4. The molecular formula is C46H56F2N10O4. The first-order chi connectivity index (χ1) is 29.9. The molecule has 2 saturated heterocycles. The van der Waals surface area contributed by atoms with E-state index in [0.717, 1.165) is 51.9 Å². The highest BCUT2D eigenvalue weighted by Gasteiger charge is 2.37. The normalized spacial score (nSPS) is 19.6. The summed E-state index contributed by atoms with van der Waals surface area (Å²) in [7, 11) is 1.41. The van der Waals surface area contributed by atoms with Crippen molar-refractivity contribution in [2.24, 2.45) is 4.99 Å². The smallest absolute Gasteiger partial charge is 0.274 e. The third-order valence-corrected chi connectivity index (χ3v) is 13.3. The van der Waals surface area contributed by atoms with E-state index in [0.29, 0.717) is 77.5 Å². The number of hydrogen-bond acceptors (Lipinski definition) is 11. The van der Waals surface area contributed by atoms with Crippen molar-refractivity contribution in [2.75, 3.05) is 62.3 Å². The second-order valence-corrected chi connectivity index (χ2v) is 16.7. The van der Waals surface area contributed by atoms with Crippen molar-refractivity contribution in [3.8, 4) is 6.07 Å². The van der Waals surface area contributed by atoms with Gasteiger partial charge in [-0.25, -0.2) is 13.3 Å². The van der Waals surface area contributed by atoms with Gasteiger partial charge >= 0.3 is 0 Å². The Morgan fingerprint density at radius 1 is 1.02 bits per heavy atom. The summed E-state index contributed by atoms with van der Waals surface area (Å²) < 4.78 is 32.0. The quantitative estimate of drug-likeness (QED) is 0.0689. The summed E-state index contributed by atoms with van der Waals surface area (Å²) in [6, 6.07) is 14.1. The van der Waals surface area contributed by atoms with Crippen LogP contribution in [-0.2, 0) is 15.2 Å². The number of benzene rings is 2. The number of nitrogens with zero attached hydrogens (tertiary/aromatic N) is 7. The predicted molar refractivity (Wildman–Crippen MR) is 234 cm³/mol. The second kappa shape index (κ2) is 19.1. The highest BCUT2D eigenvalue weighted by Crippen LogP contribution is 2.38. The lowest BCUT2D eigenvalue weighted by Gasteiger charge is -2.50. The molecule has 2 amide bonds. The highest BCUT2D eigenvalue weighted by atomic mass is 19.1. The number of carbonyl (C=O) groups excluding carboxylic acids is 3. The van der Waals surface area contributed by atoms with Gasteiger partial charge < -0.3 is 31.2 Å². The average molecular weight is 851 g/mol. The number of nitriles is 1. The summed E-state index contributed by atoms with van der Waals surface area (Å²) >= 11 is 0. The van der Waals surface area contributed by atoms with E-state index in [2.05, 4.69) is 31.6 Å². The van der Waals surface area contributed by atoms with Crippen molar-refractivity contribution in [1.82, 2.24) is 24.7 Å². The minimum Gasteiger partial charge on any atom is -0.398 e. The van der Waals surface area contributed by atoms with Gasteiger partial charge in [-0.05, 0) is 87.4 Å². The topological polar surface area (TPSA) is 185 Å². The summed E-state index contributed by atoms with van der Waals surface area (Å²) in [6.45, 7) is 8.84. The van der Waals surface area contributed by atoms with E-state index in [9.17, 15) is 24.8 Å². The van der Waals surface area contributed by atoms with Gasteiger partial charge in [0.1, 0.15) is 29.7 Å². The summed E-state index contributed by atoms with van der Waals surface area (Å²) in [5, 5.41) is 30.6. The SMILES string of the molecule is CCC(O)(CC)c1cc(N)c(C=NC2CCC(N3CCN(C4CN(c5cc(F)c([C@@H](CCC=O)C(=O)NC)c(F)c5)C4)CC3)CC2)cc1NC(=O)c1ccc2cc(C#N)cnn12. The summed E-state index contributed by atoms with van der Waals surface area (Å²) in [5.74, 6) is -3.57. The highest BCUT2D eigenvalue weighted by molar-refractivity contribution is 6.05. The molecule has 328 valence electrons. The van der Waals surface area contributed by atoms with Gasteiger partial charge in [0, 0.05) is 105 Å². The van der Waals surface area contributed by atoms with Gasteiger partial charge in [0.15, 0.2) is 0 Å². The van der Waals surface area contributed by atoms with Crippen LogP contribution in [0.1, 0.15) is 104 Å². The van der Waals surface area contributed by atoms with E-state index >= 15 is 8.78 Å². The van der Waals surface area contributed by atoms with Crippen LogP contribution in [0.4, 0.5) is 25.8 Å². The maximum atomic E-state index is 15.3. The molecule has 14 nitrogen and oxygen atoms in total. The fraction of sp³-hybridized carbons (Fsp3) is 0.478. The molecular weight excluding hydrogens is 795 g/mol. The van der Waals surface area contributed by atoms with Crippen molar-refractivity contribution in [3.05, 3.63) is 88.2 Å². The van der Waals surface area contributed by atoms with Crippen LogP contribution in [0.3, 0.4) is 0 Å². The number of carbonyl (C=O) groups is 3. The maximum absolute atomic E-state index is 15.3. The molecule has 1 aliphatic carbocycles. The largest absolute Gasteiger partial charge is 0.398 e. The van der Waals surface area contributed by atoms with Crippen molar-refractivity contribution >= 4 is 46.9 Å². The molecule has 62 heavy (non-hydrogen) atoms. The van der Waals surface area contributed by atoms with E-state index in [-0.39, 0.29) is 36.2 Å². The molecule has 3 aliphatic rings. The van der Waals surface area contributed by atoms with Gasteiger partial charge in [0.05, 0.1) is 34.8 Å². The number of piperazine rings is 1. The molecule has 4 heterocycles. The van der Waals surface area contributed by atoms with Crippen LogP contribution in [0, 0.1) is 23.0 Å². The monoisotopic (exact) mass is 850 g/mol. The van der Waals surface area contributed by atoms with Crippen LogP contribution in [0.25, 0.3) is 5.52 Å². The molecule has 0 unspecified atom stereocenters. The molecule has 7 rings (SSSR count). The Balaban J connectivity index is 0.924. The fourth-order valence-corrected chi connectivity index (χ4v) is 9.31. The number of nitrogens with two attached hydrogens (primary N) is 1. The van der Waals surface area contributed by atoms with Crippen molar-refractivity contribution < 1.29 is 28.3 Å². The van der Waals surface area contributed by atoms with Gasteiger partial charge in [0.25, 0.3) is 5.91 Å². The zero-order valence-electron chi connectivity index (χ0n) is 35.6. The van der Waals surface area contributed by atoms with Crippen molar-refractivity contribution in [3.63, 3.8) is 0 Å². The van der Waals surface area contributed by atoms with Crippen LogP contribution in [0.15, 0.2) is 53.7 Å². The molecule has 0 spiro atoms. The zero-order valence-corrected chi connectivity index (χ0v) is 35.6. The number of aldehydes is 1. The molecule has 1 atom stereocenters. The minimum absolute atomic E-state index is 0.0281. The van der Waals surface area contributed by atoms with Gasteiger partial charge in [0.2, 0.25) is 5.91 Å². The van der Waals surface area contributed by atoms with Crippen LogP contribution in [0.2, 0.25) is 0 Å². The third-order valence-electron chi connectivity index (χ3n) is 13.3. The van der Waals surface area contributed by atoms with Gasteiger partial charge in [-0.1, -0.05) is 13.8 Å². The number of aliphatic imine (C=N–C) groups is 1. The van der Waals surface area contributed by atoms with E-state index in [1.807, 2.05) is 18.7 Å². The molecule has 0 radical (unpaired) electrons. The Bertz CT molecular complexity index is 2330. The van der Waals surface area contributed by atoms with Crippen LogP contribution >= 0.6 is 0 Å². The van der Waals surface area contributed by atoms with Gasteiger partial charge in [-0.2, -0.15) is 10.4 Å². The second-order valence-electron chi connectivity index (χ2n) is 16.7. The molecule has 4 aromatic rings. The lowest BCUT2D eigenvalue weighted by Crippen LogP contribution is -2.64. The molecule has 5 N–H and O–H groups in total. The number of rotatable bonds is 15. The molecule has 2 aromatic heterocycles. The molecule has 16 heteroatoms. The third kappa shape index (κ3) is 9.20. The molecule has 0 bridgehead atoms. The Morgan fingerprint density at radius 2 is 1.68 bits per heavy atom. The van der Waals surface area contributed by atoms with Crippen LogP contribution < -0.4 is 21.3 Å². The molecule has 2 aromatic carbocycles. The van der Waals surface area contributed by atoms with Crippen LogP contribution in [-0.4, -0.2) is 113 Å². The van der Waals surface area contributed by atoms with E-state index in [1.165, 1.54) is 29.9 Å². The minimum atomic E-state index is -1.22. The lowest BCUT2D eigenvalue weighted by molar-refractivity contribution is -0.122. The van der Waals surface area contributed by atoms with E-state index < -0.39 is 35.0 Å². The van der Waals surface area contributed by atoms with Crippen molar-refractivity contribution in [2.45, 2.75) is 94.9 Å². The summed E-state index contributed by atoms with van der Waals surface area (Å²) in [6.07, 6.45) is 8.63. The first-order valence-electron chi connectivity index (χ1n) is 21.7. The number of anilines is 3. The van der Waals surface area contributed by atoms with Gasteiger partial charge in [-0.15, -0.1) is 0 Å². The average Bonchev–Trinajstić information content (AvgIpc) is 3.70. The molecule has 1 saturated carbocycles. The Morgan fingerprint density at radius 3 is 2.29 bits per heavy atom. The van der Waals surface area contributed by atoms with E-state index in [1.54, 1.807) is 36.5 Å². The lowest BCUT2D eigenvalue weighted by atomic mass is 9.86. The predicted octanol–water partition coefficient (Wildman–Crippen LogP) is 5.37. The standard InChI is InChI=1S/C46H56F2N10O4/c1-4-46(62,5-2)37-23-40(50)30(20-41(37)54-45(61)42-13-12-33-19-29(24-49)25-53-58(33)42)26-52-31-8-10-32(11-9-31)55-14-16-56(17-15-55)35-27-57(28-35)34-21-38(47)43(39(48)22-34)36(7-6-18-59)44(60)51-3/h12-13,18-23,25-26,31-32,35-36,62H,4-11,14-17,27-28,50H2,1-3H3,(H,51,60)(H,54,61)/t31?,32?,36-/m1/s1. The Labute approximate surface area is 360 Å². The van der Waals surface area contributed by atoms with E-state index in [4.69, 9.17) is 10.7 Å². The number of amides is 2. The zero-order chi connectivity index (χ0) is 44.1. The first kappa shape index (κ1) is 44.3. The van der Waals surface area contributed by atoms with Crippen molar-refractivity contribution in [1.29, 1.82) is 5.26 Å². The number of aromatic nitrogens is 2. The van der Waals surface area contributed by atoms with Crippen LogP contribution in [0.5, 0.6) is 0 Å². The fourth-order valence-electron chi connectivity index (χ4n) is 9.31. The summed E-state index contributed by atoms with van der Waals surface area (Å²) in [5.41, 5.74) is 8.87. The van der Waals surface area contributed by atoms with Gasteiger partial charge in [-0.3, -0.25) is 24.4 Å². The number of nitrogen functional groups attached to an aromatic ring is 1. The summed E-state index contributed by atoms with van der Waals surface area (Å²) in [4.78, 5) is 48.9. The Hall–Kier alpha value is -5.76. The molecule has 2 aliphatic heterocycles. The number of nitrogens with one attached hydrogen (secondary N) is 2. The first-order valence-corrected chi connectivity index (χ1v) is 21.7. The number of fused-ring (bicyclic) bond motifs is 1. The maximum Gasteiger partial charge on any atom is 0.274 e. The number of likely N-dealkylation sites (N-methyl/N-ethyl adjacent to an activating group) is 1. The number of aliphatic hydroxyl groups is 1. The molecule has 3 fully saturated rings.